The summed E-state index contributed by atoms with van der Waals surface area (Å²) >= 11 is 1.04. The molecule has 1 aliphatic heterocycles. The van der Waals surface area contributed by atoms with Crippen LogP contribution in [0.4, 0.5) is 56.0 Å². The first-order valence-electron chi connectivity index (χ1n) is 21.5. The van der Waals surface area contributed by atoms with Crippen LogP contribution in [-0.2, 0) is 68.9 Å². The maximum Gasteiger partial charge on any atom is 0.432 e. The lowest BCUT2D eigenvalue weighted by atomic mass is 9.92. The summed E-state index contributed by atoms with van der Waals surface area (Å²) in [6.45, 7) is -2.01. The molecule has 1 aromatic heterocycles. The van der Waals surface area contributed by atoms with E-state index in [0.29, 0.717) is 37.7 Å². The van der Waals surface area contributed by atoms with E-state index in [1.165, 1.54) is 48.5 Å². The number of ether oxygens (including phenoxy) is 6. The lowest BCUT2D eigenvalue weighted by Gasteiger charge is -2.36. The van der Waals surface area contributed by atoms with Gasteiger partial charge in [-0.15, -0.1) is 11.3 Å². The minimum Gasteiger partial charge on any atom is -0.497 e. The topological polar surface area (TPSA) is 143 Å². The predicted octanol–water partition coefficient (Wildman–Crippen LogP) is 10.3. The molecule has 0 unspecified atom stereocenters. The lowest BCUT2D eigenvalue weighted by Crippen LogP contribution is -2.54. The van der Waals surface area contributed by atoms with Gasteiger partial charge >= 0.3 is 30.5 Å². The zero-order chi connectivity index (χ0) is 53.0. The van der Waals surface area contributed by atoms with Gasteiger partial charge in [0, 0.05) is 55.1 Å². The molecule has 3 atom stereocenters. The minimum atomic E-state index is -5.60. The zero-order valence-electron chi connectivity index (χ0n) is 38.5. The Morgan fingerprint density at radius 1 is 0.740 bits per heavy atom. The van der Waals surface area contributed by atoms with Crippen molar-refractivity contribution >= 4 is 49.8 Å². The average molecular weight is 1070 g/mol. The summed E-state index contributed by atoms with van der Waals surface area (Å²) < 4.78 is 195. The Labute approximate surface area is 415 Å². The van der Waals surface area contributed by atoms with Crippen LogP contribution in [0.15, 0.2) is 138 Å². The molecule has 2 heterocycles. The number of fused-ring (bicyclic) bond motifs is 1. The highest BCUT2D eigenvalue weighted by Crippen LogP contribution is 2.47. The molecule has 7 rings (SSSR count). The van der Waals surface area contributed by atoms with E-state index in [1.54, 1.807) is 29.6 Å². The Kier molecular flexibility index (Phi) is 15.7. The number of alkyl halides is 9. The number of nitrogens with zero attached hydrogens (tertiary/aromatic N) is 3. The Balaban J connectivity index is 1.30. The molecule has 13 nitrogen and oxygen atoms in total. The molecule has 0 fully saturated rings. The van der Waals surface area contributed by atoms with Crippen molar-refractivity contribution in [3.8, 4) is 11.5 Å². The molecule has 73 heavy (non-hydrogen) atoms. The Morgan fingerprint density at radius 3 is 1.86 bits per heavy atom. The van der Waals surface area contributed by atoms with Gasteiger partial charge in [0.25, 0.3) is 21.2 Å². The first kappa shape index (κ1) is 53.9. The van der Waals surface area contributed by atoms with Crippen LogP contribution in [0.1, 0.15) is 27.8 Å². The summed E-state index contributed by atoms with van der Waals surface area (Å²) in [7, 11) is -1.90. The van der Waals surface area contributed by atoms with Crippen molar-refractivity contribution in [2.24, 2.45) is 0 Å². The van der Waals surface area contributed by atoms with Gasteiger partial charge in [-0.25, -0.2) is 27.3 Å². The fourth-order valence-corrected chi connectivity index (χ4v) is 10.4. The second-order valence-electron chi connectivity index (χ2n) is 16.0. The minimum absolute atomic E-state index is 0.0829. The summed E-state index contributed by atoms with van der Waals surface area (Å²) in [4.78, 5) is 33.1. The Hall–Kier alpha value is -6.89. The molecule has 0 N–H and O–H groups in total. The number of benzene rings is 5. The standard InChI is InChI=1S/C49H42F9N3O10S2/c1-66-36-17-14-31(15-18-36)29-61(44-59-22-25-72-44)73(64,65)38-19-21-40-41(28-38)69-24-23-60(40)39-20-16-35(47(50,51)52)26-32(39)27-37(71-43(63)46(68-3,49(56,57)58)34-12-8-5-9-13-34)30-70-42(62)45(67-2,48(53,54)55)33-10-6-4-7-11-33/h4-22,25-26,28,37H,23-24,27,29-30H2,1-3H3/t37-,45-,46-/m0/s1. The number of sulfonamides is 1. The van der Waals surface area contributed by atoms with Gasteiger partial charge in [0.2, 0.25) is 0 Å². The molecule has 0 aliphatic carbocycles. The number of hydrogen-bond donors (Lipinski definition) is 0. The van der Waals surface area contributed by atoms with Crippen LogP contribution >= 0.6 is 11.3 Å². The number of hydrogen-bond acceptors (Lipinski definition) is 13. The van der Waals surface area contributed by atoms with Crippen LogP contribution in [0.5, 0.6) is 11.5 Å². The van der Waals surface area contributed by atoms with E-state index >= 15 is 13.2 Å². The fraction of sp³-hybridized carbons (Fsp3) is 0.286. The number of carbonyl (C=O) groups is 2. The maximum absolute atomic E-state index is 15.2. The van der Waals surface area contributed by atoms with Crippen LogP contribution in [-0.4, -0.2) is 84.9 Å². The molecule has 6 aromatic rings. The van der Waals surface area contributed by atoms with Crippen LogP contribution < -0.4 is 18.7 Å². The molecule has 1 aliphatic rings. The van der Waals surface area contributed by atoms with E-state index in [2.05, 4.69) is 4.98 Å². The van der Waals surface area contributed by atoms with Gasteiger partial charge in [0.1, 0.15) is 30.8 Å². The molecule has 0 amide bonds. The van der Waals surface area contributed by atoms with Gasteiger partial charge in [-0.05, 0) is 53.6 Å². The molecular weight excluding hydrogens is 1030 g/mol. The van der Waals surface area contributed by atoms with Gasteiger partial charge < -0.3 is 33.3 Å². The third-order valence-corrected chi connectivity index (χ3v) is 14.3. The van der Waals surface area contributed by atoms with E-state index < -0.39 is 93.1 Å². The average Bonchev–Trinajstić information content (AvgIpc) is 3.90. The summed E-state index contributed by atoms with van der Waals surface area (Å²) in [6, 6.07) is 23.3. The molecule has 0 bridgehead atoms. The van der Waals surface area contributed by atoms with Gasteiger partial charge in [0.05, 0.1) is 36.3 Å². The van der Waals surface area contributed by atoms with Gasteiger partial charge in [-0.3, -0.25) is 0 Å². The number of rotatable bonds is 18. The normalized spacial score (nSPS) is 15.2. The van der Waals surface area contributed by atoms with Gasteiger partial charge in [-0.2, -0.15) is 39.5 Å². The van der Waals surface area contributed by atoms with Gasteiger partial charge in [-0.1, -0.05) is 72.8 Å². The third kappa shape index (κ3) is 10.8. The first-order valence-corrected chi connectivity index (χ1v) is 23.9. The van der Waals surface area contributed by atoms with Crippen molar-refractivity contribution in [3.05, 3.63) is 161 Å². The summed E-state index contributed by atoms with van der Waals surface area (Å²) in [5, 5.41) is 1.68. The molecule has 0 saturated heterocycles. The van der Waals surface area contributed by atoms with Crippen molar-refractivity contribution in [1.29, 1.82) is 0 Å². The lowest BCUT2D eigenvalue weighted by molar-refractivity contribution is -0.282. The summed E-state index contributed by atoms with van der Waals surface area (Å²) in [5.74, 6) is -3.94. The zero-order valence-corrected chi connectivity index (χ0v) is 40.1. The molecule has 0 spiro atoms. The summed E-state index contributed by atoms with van der Waals surface area (Å²) in [5.41, 5.74) is -10.6. The number of methoxy groups -OCH3 is 3. The Bertz CT molecular complexity index is 2990. The van der Waals surface area contributed by atoms with Crippen LogP contribution in [0.3, 0.4) is 0 Å². The van der Waals surface area contributed by atoms with E-state index in [-0.39, 0.29) is 46.8 Å². The molecule has 388 valence electrons. The SMILES string of the molecule is COc1ccc(CN(c2nccs2)S(=O)(=O)c2ccc3c(c2)OCCN3c2ccc(C(F)(F)F)cc2C[C@@H](COC(=O)[C@@](OC)(c2ccccc2)C(F)(F)F)OC(=O)[C@@](OC)(c2ccccc2)C(F)(F)F)cc1. The number of carbonyl (C=O) groups excluding carboxylic acids is 2. The molecular formula is C49H42F9N3O10S2. The van der Waals surface area contributed by atoms with E-state index in [4.69, 9.17) is 28.4 Å². The van der Waals surface area contributed by atoms with Crippen molar-refractivity contribution < 1.29 is 85.9 Å². The maximum atomic E-state index is 15.2. The highest BCUT2D eigenvalue weighted by Gasteiger charge is 2.65. The van der Waals surface area contributed by atoms with Gasteiger partial charge in [0.15, 0.2) is 5.13 Å². The second-order valence-corrected chi connectivity index (χ2v) is 18.7. The molecule has 5 aromatic carbocycles. The molecule has 24 heteroatoms. The van der Waals surface area contributed by atoms with Crippen LogP contribution in [0, 0.1) is 0 Å². The number of halogens is 9. The smallest absolute Gasteiger partial charge is 0.432 e. The first-order chi connectivity index (χ1) is 34.5. The van der Waals surface area contributed by atoms with Crippen molar-refractivity contribution in [1.82, 2.24) is 4.98 Å². The van der Waals surface area contributed by atoms with E-state index in [0.717, 1.165) is 70.2 Å². The second kappa shape index (κ2) is 21.3. The number of thiazole rings is 1. The fourth-order valence-electron chi connectivity index (χ4n) is 8.08. The number of aromatic nitrogens is 1. The van der Waals surface area contributed by atoms with Crippen molar-refractivity contribution in [2.75, 3.05) is 50.3 Å². The highest BCUT2D eigenvalue weighted by atomic mass is 32.2. The van der Waals surface area contributed by atoms with Crippen molar-refractivity contribution in [3.63, 3.8) is 0 Å². The van der Waals surface area contributed by atoms with Crippen LogP contribution in [0.2, 0.25) is 0 Å². The predicted molar refractivity (Wildman–Crippen MR) is 246 cm³/mol. The Morgan fingerprint density at radius 2 is 1.33 bits per heavy atom. The quantitative estimate of drug-likeness (QED) is 0.0597. The summed E-state index contributed by atoms with van der Waals surface area (Å²) in [6.07, 6.45) is -18.1. The van der Waals surface area contributed by atoms with E-state index in [9.17, 15) is 44.3 Å². The largest absolute Gasteiger partial charge is 0.497 e. The highest BCUT2D eigenvalue weighted by molar-refractivity contribution is 7.93. The van der Waals surface area contributed by atoms with Crippen LogP contribution in [0.25, 0.3) is 0 Å². The number of anilines is 3. The number of esters is 2. The molecule has 0 radical (unpaired) electrons. The monoisotopic (exact) mass is 1070 g/mol. The van der Waals surface area contributed by atoms with Crippen molar-refractivity contribution in [2.45, 2.75) is 53.7 Å². The van der Waals surface area contributed by atoms with E-state index in [1.807, 2.05) is 0 Å². The third-order valence-electron chi connectivity index (χ3n) is 11.7. The molecule has 0 saturated carbocycles.